The summed E-state index contributed by atoms with van der Waals surface area (Å²) < 4.78 is 4.68. The molecule has 0 aliphatic rings. The molecule has 0 fully saturated rings. The molecule has 34 heavy (non-hydrogen) atoms. The standard InChI is InChI=1S/C22H22N4O6S2/c1-25(19(33)13-6-4-8-15(10-13)21(29)30)23-17(27)12-18(28)24-26(2)20(34)14-7-5-9-16(11-14)22(31)32-3/h4-11H,12H2,1-3H3,(H,23,27)(H,24,28)(H,29,30). The molecule has 0 aromatic heterocycles. The minimum absolute atomic E-state index is 0.0510. The highest BCUT2D eigenvalue weighted by Gasteiger charge is 2.18. The van der Waals surface area contributed by atoms with Crippen LogP contribution in [0.5, 0.6) is 0 Å². The molecule has 3 N–H and O–H groups in total. The number of esters is 1. The molecule has 0 unspecified atom stereocenters. The number of carboxylic acid groups (broad SMARTS) is 1. The average molecular weight is 503 g/mol. The van der Waals surface area contributed by atoms with E-state index in [0.717, 1.165) is 0 Å². The molecule has 0 heterocycles. The molecule has 2 rings (SSSR count). The molecular weight excluding hydrogens is 480 g/mol. The largest absolute Gasteiger partial charge is 0.478 e. The van der Waals surface area contributed by atoms with Crippen LogP contribution in [0.25, 0.3) is 0 Å². The molecule has 0 radical (unpaired) electrons. The van der Waals surface area contributed by atoms with Gasteiger partial charge in [0.25, 0.3) is 0 Å². The third-order valence-corrected chi connectivity index (χ3v) is 5.42. The quantitative estimate of drug-likeness (QED) is 0.232. The van der Waals surface area contributed by atoms with E-state index in [0.29, 0.717) is 16.7 Å². The molecule has 12 heteroatoms. The van der Waals surface area contributed by atoms with Crippen LogP contribution in [0.15, 0.2) is 48.5 Å². The highest BCUT2D eigenvalue weighted by atomic mass is 32.1. The summed E-state index contributed by atoms with van der Waals surface area (Å²) in [5.41, 5.74) is 6.21. The fourth-order valence-corrected chi connectivity index (χ4v) is 3.12. The van der Waals surface area contributed by atoms with Crippen molar-refractivity contribution < 1.29 is 29.0 Å². The lowest BCUT2D eigenvalue weighted by Gasteiger charge is -2.23. The number of hydrazine groups is 2. The molecule has 2 aromatic rings. The molecule has 0 aliphatic carbocycles. The van der Waals surface area contributed by atoms with Gasteiger partial charge in [-0.15, -0.1) is 0 Å². The molecule has 0 saturated carbocycles. The number of ether oxygens (including phenoxy) is 1. The highest BCUT2D eigenvalue weighted by molar-refractivity contribution is 7.80. The van der Waals surface area contributed by atoms with Gasteiger partial charge in [0.05, 0.1) is 18.2 Å². The first-order valence-electron chi connectivity index (χ1n) is 9.70. The van der Waals surface area contributed by atoms with Gasteiger partial charge in [0.1, 0.15) is 16.4 Å². The van der Waals surface area contributed by atoms with Crippen molar-refractivity contribution >= 4 is 58.2 Å². The zero-order valence-electron chi connectivity index (χ0n) is 18.5. The maximum absolute atomic E-state index is 12.3. The van der Waals surface area contributed by atoms with E-state index in [9.17, 15) is 19.2 Å². The van der Waals surface area contributed by atoms with Crippen molar-refractivity contribution in [2.24, 2.45) is 0 Å². The van der Waals surface area contributed by atoms with Gasteiger partial charge in [0.15, 0.2) is 0 Å². The van der Waals surface area contributed by atoms with Crippen LogP contribution in [0.3, 0.4) is 0 Å². The van der Waals surface area contributed by atoms with Gasteiger partial charge < -0.3 is 9.84 Å². The van der Waals surface area contributed by atoms with Gasteiger partial charge in [0.2, 0.25) is 11.8 Å². The molecule has 0 spiro atoms. The number of carboxylic acids is 1. The number of thiocarbonyl (C=S) groups is 2. The number of hydrogen-bond donors (Lipinski definition) is 3. The summed E-state index contributed by atoms with van der Waals surface area (Å²) in [6.45, 7) is 0. The predicted octanol–water partition coefficient (Wildman–Crippen LogP) is 1.54. The van der Waals surface area contributed by atoms with Crippen LogP contribution in [-0.2, 0) is 14.3 Å². The summed E-state index contributed by atoms with van der Waals surface area (Å²) in [6.07, 6.45) is -0.530. The van der Waals surface area contributed by atoms with Crippen molar-refractivity contribution in [3.8, 4) is 0 Å². The number of carbonyl (C=O) groups excluding carboxylic acids is 3. The number of hydrogen-bond acceptors (Lipinski definition) is 7. The van der Waals surface area contributed by atoms with Crippen LogP contribution in [-0.4, -0.2) is 70.1 Å². The summed E-state index contributed by atoms with van der Waals surface area (Å²) in [4.78, 5) is 47.8. The summed E-state index contributed by atoms with van der Waals surface area (Å²) >= 11 is 10.6. The Balaban J connectivity index is 1.93. The second-order valence-electron chi connectivity index (χ2n) is 6.93. The summed E-state index contributed by atoms with van der Waals surface area (Å²) in [5.74, 6) is -2.92. The van der Waals surface area contributed by atoms with E-state index >= 15 is 0 Å². The summed E-state index contributed by atoms with van der Waals surface area (Å²) in [5, 5.41) is 11.6. The Hall–Kier alpha value is -3.90. The van der Waals surface area contributed by atoms with Gasteiger partial charge >= 0.3 is 11.9 Å². The van der Waals surface area contributed by atoms with Crippen molar-refractivity contribution in [2.45, 2.75) is 6.42 Å². The number of amides is 2. The number of nitrogens with zero attached hydrogens (tertiary/aromatic N) is 2. The van der Waals surface area contributed by atoms with Gasteiger partial charge in [0, 0.05) is 25.2 Å². The number of aromatic carboxylic acids is 1. The number of benzene rings is 2. The Bertz CT molecular complexity index is 1150. The topological polar surface area (TPSA) is 128 Å². The second kappa shape index (κ2) is 11.8. The average Bonchev–Trinajstić information content (AvgIpc) is 2.82. The summed E-state index contributed by atoms with van der Waals surface area (Å²) in [7, 11) is 4.24. The Morgan fingerprint density at radius 1 is 0.824 bits per heavy atom. The number of rotatable bonds is 6. The van der Waals surface area contributed by atoms with Gasteiger partial charge in [-0.05, 0) is 24.3 Å². The Morgan fingerprint density at radius 3 is 1.68 bits per heavy atom. The Kier molecular flexibility index (Phi) is 9.16. The van der Waals surface area contributed by atoms with Gasteiger partial charge in [-0.25, -0.2) is 9.59 Å². The van der Waals surface area contributed by atoms with Crippen molar-refractivity contribution in [3.63, 3.8) is 0 Å². The van der Waals surface area contributed by atoms with Crippen molar-refractivity contribution in [1.82, 2.24) is 20.9 Å². The SMILES string of the molecule is COC(=O)c1cccc(C(=S)N(C)NC(=O)CC(=O)NN(C)C(=S)c2cccc(C(=O)O)c2)c1. The number of carbonyl (C=O) groups is 4. The van der Waals surface area contributed by atoms with E-state index in [-0.39, 0.29) is 15.5 Å². The van der Waals surface area contributed by atoms with Crippen molar-refractivity contribution in [2.75, 3.05) is 21.2 Å². The molecule has 10 nitrogen and oxygen atoms in total. The van der Waals surface area contributed by atoms with Crippen LogP contribution in [0.4, 0.5) is 0 Å². The predicted molar refractivity (Wildman–Crippen MR) is 131 cm³/mol. The van der Waals surface area contributed by atoms with E-state index in [1.165, 1.54) is 55.5 Å². The maximum Gasteiger partial charge on any atom is 0.337 e. The minimum atomic E-state index is -1.10. The van der Waals surface area contributed by atoms with E-state index in [1.807, 2.05) is 0 Å². The fraction of sp³-hybridized carbons (Fsp3) is 0.182. The third-order valence-electron chi connectivity index (χ3n) is 4.40. The van der Waals surface area contributed by atoms with Crippen LogP contribution < -0.4 is 10.9 Å². The molecule has 0 saturated heterocycles. The Labute approximate surface area is 206 Å². The smallest absolute Gasteiger partial charge is 0.337 e. The van der Waals surface area contributed by atoms with E-state index in [2.05, 4.69) is 15.6 Å². The van der Waals surface area contributed by atoms with Gasteiger partial charge in [-0.3, -0.25) is 30.5 Å². The molecule has 2 aromatic carbocycles. The first kappa shape index (κ1) is 26.4. The molecule has 178 valence electrons. The molecule has 0 bridgehead atoms. The minimum Gasteiger partial charge on any atom is -0.478 e. The molecule has 2 amide bonds. The molecule has 0 aliphatic heterocycles. The lowest BCUT2D eigenvalue weighted by Crippen LogP contribution is -2.47. The number of methoxy groups -OCH3 is 1. The number of nitrogens with one attached hydrogen (secondary N) is 2. The zero-order valence-corrected chi connectivity index (χ0v) is 20.2. The lowest BCUT2D eigenvalue weighted by molar-refractivity contribution is -0.132. The van der Waals surface area contributed by atoms with Crippen LogP contribution in [0, 0.1) is 0 Å². The van der Waals surface area contributed by atoms with Crippen LogP contribution in [0.2, 0.25) is 0 Å². The molecule has 0 atom stereocenters. The monoisotopic (exact) mass is 502 g/mol. The lowest BCUT2D eigenvalue weighted by atomic mass is 10.1. The van der Waals surface area contributed by atoms with Crippen molar-refractivity contribution in [1.29, 1.82) is 0 Å². The highest BCUT2D eigenvalue weighted by Crippen LogP contribution is 2.10. The van der Waals surface area contributed by atoms with Gasteiger partial charge in [-0.2, -0.15) is 0 Å². The fourth-order valence-electron chi connectivity index (χ4n) is 2.77. The third kappa shape index (κ3) is 7.05. The van der Waals surface area contributed by atoms with Crippen LogP contribution >= 0.6 is 24.4 Å². The van der Waals surface area contributed by atoms with Crippen LogP contribution in [0.1, 0.15) is 38.3 Å². The first-order valence-corrected chi connectivity index (χ1v) is 10.5. The Morgan fingerprint density at radius 2 is 1.24 bits per heavy atom. The van der Waals surface area contributed by atoms with Gasteiger partial charge in [-0.1, -0.05) is 48.7 Å². The van der Waals surface area contributed by atoms with Crippen molar-refractivity contribution in [3.05, 3.63) is 70.8 Å². The van der Waals surface area contributed by atoms with E-state index in [4.69, 9.17) is 29.5 Å². The molecular formula is C22H22N4O6S2. The van der Waals surface area contributed by atoms with E-state index < -0.39 is 30.2 Å². The summed E-state index contributed by atoms with van der Waals surface area (Å²) in [6, 6.07) is 12.3. The normalized spacial score (nSPS) is 9.97. The first-order chi connectivity index (χ1) is 16.0. The van der Waals surface area contributed by atoms with E-state index in [1.54, 1.807) is 24.3 Å². The second-order valence-corrected chi connectivity index (χ2v) is 7.71. The maximum atomic E-state index is 12.3. The zero-order chi connectivity index (χ0) is 25.4.